The Morgan fingerprint density at radius 1 is 0.769 bits per heavy atom. The maximum atomic E-state index is 12.3. The van der Waals surface area contributed by atoms with Gasteiger partial charge in [-0.2, -0.15) is 0 Å². The average molecular weight is 361 g/mol. The third-order valence-corrected chi connectivity index (χ3v) is 6.26. The van der Waals surface area contributed by atoms with Crippen LogP contribution in [0.3, 0.4) is 0 Å². The van der Waals surface area contributed by atoms with Crippen LogP contribution in [0.15, 0.2) is 84.9 Å². The minimum atomic E-state index is -1.17. The van der Waals surface area contributed by atoms with Crippen LogP contribution in [-0.2, 0) is 20.7 Å². The molecule has 0 radical (unpaired) electrons. The van der Waals surface area contributed by atoms with E-state index in [2.05, 4.69) is 6.07 Å². The Morgan fingerprint density at radius 3 is 1.92 bits per heavy atom. The van der Waals surface area contributed by atoms with Gasteiger partial charge in [0.2, 0.25) is 0 Å². The van der Waals surface area contributed by atoms with Gasteiger partial charge in [-0.1, -0.05) is 84.9 Å². The van der Waals surface area contributed by atoms with Crippen molar-refractivity contribution in [1.82, 2.24) is 0 Å². The van der Waals surface area contributed by atoms with Crippen LogP contribution in [0.5, 0.6) is 0 Å². The predicted octanol–water partition coefficient (Wildman–Crippen LogP) is 4.78. The molecule has 3 atom stereocenters. The first-order valence-electron chi connectivity index (χ1n) is 8.73. The number of benzene rings is 3. The Kier molecular flexibility index (Phi) is 3.22. The molecule has 2 aliphatic rings. The fourth-order valence-electron chi connectivity index (χ4n) is 4.72. The number of aldehydes is 1. The highest BCUT2D eigenvalue weighted by molar-refractivity contribution is 6.33. The van der Waals surface area contributed by atoms with E-state index in [9.17, 15) is 4.79 Å². The molecule has 0 saturated carbocycles. The second-order valence-electron chi connectivity index (χ2n) is 7.04. The van der Waals surface area contributed by atoms with Gasteiger partial charge < -0.3 is 9.53 Å². The van der Waals surface area contributed by atoms with Crippen molar-refractivity contribution in [2.75, 3.05) is 0 Å². The first-order valence-corrected chi connectivity index (χ1v) is 9.11. The number of ether oxygens (including phenoxy) is 1. The molecule has 3 aromatic rings. The van der Waals surface area contributed by atoms with Gasteiger partial charge in [0.1, 0.15) is 22.4 Å². The highest BCUT2D eigenvalue weighted by Gasteiger charge is 2.72. The van der Waals surface area contributed by atoms with Crippen LogP contribution < -0.4 is 0 Å². The number of carbonyl (C=O) groups excluding carboxylic acids is 1. The van der Waals surface area contributed by atoms with Crippen molar-refractivity contribution in [2.45, 2.75) is 22.5 Å². The molecule has 26 heavy (non-hydrogen) atoms. The summed E-state index contributed by atoms with van der Waals surface area (Å²) < 4.78 is 6.83. The van der Waals surface area contributed by atoms with Crippen LogP contribution in [0.2, 0.25) is 0 Å². The van der Waals surface area contributed by atoms with Crippen LogP contribution in [0, 0.1) is 0 Å². The maximum Gasteiger partial charge on any atom is 0.146 e. The largest absolute Gasteiger partial charge is 0.347 e. The minimum absolute atomic E-state index is 0.404. The fourth-order valence-corrected chi connectivity index (χ4v) is 5.15. The number of fused-ring (bicyclic) bond motifs is 5. The Bertz CT molecular complexity index is 987. The summed E-state index contributed by atoms with van der Waals surface area (Å²) >= 11 is 7.02. The molecule has 2 aliphatic heterocycles. The van der Waals surface area contributed by atoms with Gasteiger partial charge >= 0.3 is 0 Å². The molecule has 5 rings (SSSR count). The molecule has 0 spiro atoms. The zero-order valence-corrected chi connectivity index (χ0v) is 14.8. The number of halogens is 1. The van der Waals surface area contributed by atoms with Crippen LogP contribution in [-0.4, -0.2) is 11.2 Å². The van der Waals surface area contributed by atoms with E-state index in [1.807, 2.05) is 78.9 Å². The van der Waals surface area contributed by atoms with Gasteiger partial charge in [0.25, 0.3) is 0 Å². The molecule has 3 heteroatoms. The zero-order chi connectivity index (χ0) is 17.8. The molecule has 0 aliphatic carbocycles. The molecule has 1 saturated heterocycles. The van der Waals surface area contributed by atoms with Crippen molar-refractivity contribution in [3.05, 3.63) is 107 Å². The van der Waals surface area contributed by atoms with Crippen molar-refractivity contribution < 1.29 is 9.53 Å². The van der Waals surface area contributed by atoms with Crippen LogP contribution in [0.25, 0.3) is 0 Å². The number of rotatable bonds is 3. The molecule has 0 unspecified atom stereocenters. The molecule has 1 fully saturated rings. The van der Waals surface area contributed by atoms with Gasteiger partial charge in [0, 0.05) is 6.42 Å². The van der Waals surface area contributed by atoms with E-state index < -0.39 is 16.1 Å². The fraction of sp³-hybridized carbons (Fsp3) is 0.174. The smallest absolute Gasteiger partial charge is 0.146 e. The predicted molar refractivity (Wildman–Crippen MR) is 101 cm³/mol. The van der Waals surface area contributed by atoms with E-state index in [0.29, 0.717) is 6.42 Å². The summed E-state index contributed by atoms with van der Waals surface area (Å²) in [5, 5.41) is 0. The molecule has 0 amide bonds. The third-order valence-electron chi connectivity index (χ3n) is 5.77. The van der Waals surface area contributed by atoms with E-state index in [1.54, 1.807) is 0 Å². The molecule has 2 bridgehead atoms. The zero-order valence-electron chi connectivity index (χ0n) is 14.1. The van der Waals surface area contributed by atoms with E-state index in [1.165, 1.54) is 0 Å². The van der Waals surface area contributed by atoms with Gasteiger partial charge in [-0.3, -0.25) is 0 Å². The highest BCUT2D eigenvalue weighted by atomic mass is 35.5. The van der Waals surface area contributed by atoms with Crippen molar-refractivity contribution in [1.29, 1.82) is 0 Å². The van der Waals surface area contributed by atoms with Crippen molar-refractivity contribution in [2.24, 2.45) is 0 Å². The molecule has 2 nitrogen and oxygen atoms in total. The summed E-state index contributed by atoms with van der Waals surface area (Å²) in [5.74, 6) is 0. The van der Waals surface area contributed by atoms with E-state index >= 15 is 0 Å². The van der Waals surface area contributed by atoms with Crippen LogP contribution in [0.1, 0.15) is 28.7 Å². The number of alkyl halides is 1. The second-order valence-corrected chi connectivity index (χ2v) is 7.72. The Balaban J connectivity index is 1.87. The lowest BCUT2D eigenvalue weighted by Crippen LogP contribution is -2.47. The number of hydrogen-bond donors (Lipinski definition) is 0. The molecule has 0 aromatic heterocycles. The summed E-state index contributed by atoms with van der Waals surface area (Å²) in [6, 6.07) is 28.0. The lowest BCUT2D eigenvalue weighted by atomic mass is 9.66. The summed E-state index contributed by atoms with van der Waals surface area (Å²) in [4.78, 5) is 11.1. The summed E-state index contributed by atoms with van der Waals surface area (Å²) in [6.45, 7) is 0. The second kappa shape index (κ2) is 5.29. The SMILES string of the molecule is O=C[C@]1(Cl)C[C@]2(c3ccccc3)O[C@@]1(c1ccccc1)c1ccccc12. The molecule has 128 valence electrons. The average Bonchev–Trinajstić information content (AvgIpc) is 3.18. The Labute approximate surface area is 157 Å². The van der Waals surface area contributed by atoms with Crippen molar-refractivity contribution in [3.8, 4) is 0 Å². The normalized spacial score (nSPS) is 31.6. The number of hydrogen-bond acceptors (Lipinski definition) is 2. The lowest BCUT2D eigenvalue weighted by molar-refractivity contribution is -0.114. The van der Waals surface area contributed by atoms with Crippen molar-refractivity contribution in [3.63, 3.8) is 0 Å². The van der Waals surface area contributed by atoms with Gasteiger partial charge in [-0.25, -0.2) is 0 Å². The van der Waals surface area contributed by atoms with Crippen LogP contribution in [0.4, 0.5) is 0 Å². The minimum Gasteiger partial charge on any atom is -0.347 e. The first kappa shape index (κ1) is 15.8. The maximum absolute atomic E-state index is 12.3. The molecular formula is C23H17ClO2. The van der Waals surface area contributed by atoms with E-state index in [-0.39, 0.29) is 0 Å². The topological polar surface area (TPSA) is 26.3 Å². The highest BCUT2D eigenvalue weighted by Crippen LogP contribution is 2.68. The monoisotopic (exact) mass is 360 g/mol. The first-order chi connectivity index (χ1) is 12.7. The lowest BCUT2D eigenvalue weighted by Gasteiger charge is -2.38. The Hall–Kier alpha value is -2.42. The third kappa shape index (κ3) is 1.74. The van der Waals surface area contributed by atoms with Crippen LogP contribution >= 0.6 is 11.6 Å². The summed E-state index contributed by atoms with van der Waals surface area (Å²) in [6.07, 6.45) is 1.27. The van der Waals surface area contributed by atoms with E-state index in [4.69, 9.17) is 16.3 Å². The molecule has 3 aromatic carbocycles. The molecule has 2 heterocycles. The summed E-state index contributed by atoms with van der Waals surface area (Å²) in [7, 11) is 0. The Morgan fingerprint density at radius 2 is 1.31 bits per heavy atom. The van der Waals surface area contributed by atoms with Gasteiger partial charge in [0.15, 0.2) is 0 Å². The van der Waals surface area contributed by atoms with Crippen molar-refractivity contribution >= 4 is 17.9 Å². The molecule has 0 N–H and O–H groups in total. The standard InChI is InChI=1S/C23H17ClO2/c24-21(16-25)15-22(17-9-3-1-4-10-17)19-13-7-8-14-20(19)23(21,26-22)18-11-5-2-6-12-18/h1-14,16H,15H2/t21-,22-,23+/m1/s1. The molecular weight excluding hydrogens is 344 g/mol. The number of carbonyl (C=O) groups is 1. The van der Waals surface area contributed by atoms with Gasteiger partial charge in [-0.05, 0) is 22.3 Å². The van der Waals surface area contributed by atoms with E-state index in [0.717, 1.165) is 28.5 Å². The quantitative estimate of drug-likeness (QED) is 0.496. The van der Waals surface area contributed by atoms with Gasteiger partial charge in [-0.15, -0.1) is 11.6 Å². The summed E-state index contributed by atoms with van der Waals surface area (Å²) in [5.41, 5.74) is 2.27. The van der Waals surface area contributed by atoms with Gasteiger partial charge in [0.05, 0.1) is 0 Å².